The lowest BCUT2D eigenvalue weighted by molar-refractivity contribution is 0.0456. The predicted molar refractivity (Wildman–Crippen MR) is 86.7 cm³/mol. The SMILES string of the molecule is Cc1cc(C(=N)N)ccc1CN1CCN2CCCCC2C1. The Bertz CT molecular complexity index is 526. The summed E-state index contributed by atoms with van der Waals surface area (Å²) in [7, 11) is 0. The van der Waals surface area contributed by atoms with Crippen molar-refractivity contribution in [1.82, 2.24) is 9.80 Å². The van der Waals surface area contributed by atoms with Crippen LogP contribution in [0, 0.1) is 12.3 Å². The van der Waals surface area contributed by atoms with Gasteiger partial charge in [-0.15, -0.1) is 0 Å². The molecule has 21 heavy (non-hydrogen) atoms. The first-order valence-electron chi connectivity index (χ1n) is 8.04. The second-order valence-corrected chi connectivity index (χ2v) is 6.48. The van der Waals surface area contributed by atoms with E-state index in [1.807, 2.05) is 12.1 Å². The minimum absolute atomic E-state index is 0.153. The molecule has 2 aliphatic rings. The van der Waals surface area contributed by atoms with Crippen LogP contribution in [0.2, 0.25) is 0 Å². The quantitative estimate of drug-likeness (QED) is 0.659. The van der Waals surface area contributed by atoms with Crippen molar-refractivity contribution in [3.63, 3.8) is 0 Å². The van der Waals surface area contributed by atoms with E-state index >= 15 is 0 Å². The number of benzene rings is 1. The van der Waals surface area contributed by atoms with Gasteiger partial charge < -0.3 is 5.73 Å². The normalized spacial score (nSPS) is 23.8. The van der Waals surface area contributed by atoms with Gasteiger partial charge in [0.15, 0.2) is 0 Å². The fraction of sp³-hybridized carbons (Fsp3) is 0.588. The topological polar surface area (TPSA) is 56.4 Å². The standard InChI is InChI=1S/C17H26N4/c1-13-10-14(17(18)19)5-6-15(13)11-20-8-9-21-7-3-2-4-16(21)12-20/h5-6,10,16H,2-4,7-9,11-12H2,1H3,(H3,18,19). The van der Waals surface area contributed by atoms with Gasteiger partial charge in [-0.25, -0.2) is 0 Å². The number of piperazine rings is 1. The van der Waals surface area contributed by atoms with Gasteiger partial charge in [-0.05, 0) is 43.5 Å². The third kappa shape index (κ3) is 3.27. The Kier molecular flexibility index (Phi) is 4.27. The van der Waals surface area contributed by atoms with Crippen LogP contribution in [0.3, 0.4) is 0 Å². The second kappa shape index (κ2) is 6.16. The molecule has 4 heteroatoms. The molecule has 3 rings (SSSR count). The maximum atomic E-state index is 7.52. The fourth-order valence-corrected chi connectivity index (χ4v) is 3.65. The fourth-order valence-electron chi connectivity index (χ4n) is 3.65. The van der Waals surface area contributed by atoms with Crippen molar-refractivity contribution in [2.24, 2.45) is 5.73 Å². The lowest BCUT2D eigenvalue weighted by Gasteiger charge is -2.44. The summed E-state index contributed by atoms with van der Waals surface area (Å²) in [5.41, 5.74) is 8.99. The summed E-state index contributed by atoms with van der Waals surface area (Å²) >= 11 is 0. The van der Waals surface area contributed by atoms with E-state index in [1.54, 1.807) is 0 Å². The van der Waals surface area contributed by atoms with E-state index < -0.39 is 0 Å². The molecular formula is C17H26N4. The zero-order chi connectivity index (χ0) is 14.8. The van der Waals surface area contributed by atoms with E-state index in [0.29, 0.717) is 0 Å². The minimum Gasteiger partial charge on any atom is -0.384 e. The van der Waals surface area contributed by atoms with E-state index in [0.717, 1.165) is 18.2 Å². The molecule has 2 saturated heterocycles. The number of nitrogens with two attached hydrogens (primary N) is 1. The first-order valence-corrected chi connectivity index (χ1v) is 8.04. The van der Waals surface area contributed by atoms with E-state index in [4.69, 9.17) is 11.1 Å². The molecular weight excluding hydrogens is 260 g/mol. The molecule has 0 aromatic heterocycles. The number of aryl methyl sites for hydroxylation is 1. The lowest BCUT2D eigenvalue weighted by atomic mass is 9.98. The van der Waals surface area contributed by atoms with Crippen LogP contribution in [0.5, 0.6) is 0 Å². The highest BCUT2D eigenvalue weighted by atomic mass is 15.3. The Labute approximate surface area is 127 Å². The van der Waals surface area contributed by atoms with Crippen LogP contribution in [0.4, 0.5) is 0 Å². The van der Waals surface area contributed by atoms with Crippen LogP contribution < -0.4 is 5.73 Å². The van der Waals surface area contributed by atoms with Crippen molar-refractivity contribution in [1.29, 1.82) is 5.41 Å². The average Bonchev–Trinajstić information content (AvgIpc) is 2.49. The Balaban J connectivity index is 1.65. The molecule has 4 nitrogen and oxygen atoms in total. The van der Waals surface area contributed by atoms with Crippen LogP contribution >= 0.6 is 0 Å². The van der Waals surface area contributed by atoms with Gasteiger partial charge >= 0.3 is 0 Å². The minimum atomic E-state index is 0.153. The van der Waals surface area contributed by atoms with Gasteiger partial charge in [0.1, 0.15) is 5.84 Å². The Morgan fingerprint density at radius 2 is 2.14 bits per heavy atom. The number of nitrogens with zero attached hydrogens (tertiary/aromatic N) is 2. The molecule has 0 aliphatic carbocycles. The van der Waals surface area contributed by atoms with Crippen LogP contribution in [0.25, 0.3) is 0 Å². The van der Waals surface area contributed by atoms with Gasteiger partial charge in [0.05, 0.1) is 0 Å². The molecule has 1 aromatic carbocycles. The van der Waals surface area contributed by atoms with Gasteiger partial charge in [-0.2, -0.15) is 0 Å². The van der Waals surface area contributed by atoms with Crippen molar-refractivity contribution in [2.45, 2.75) is 38.8 Å². The number of nitrogen functional groups attached to an aromatic ring is 1. The Morgan fingerprint density at radius 3 is 2.90 bits per heavy atom. The van der Waals surface area contributed by atoms with Gasteiger partial charge in [-0.1, -0.05) is 18.6 Å². The zero-order valence-corrected chi connectivity index (χ0v) is 12.9. The average molecular weight is 286 g/mol. The molecule has 1 unspecified atom stereocenters. The number of hydrogen-bond donors (Lipinski definition) is 2. The van der Waals surface area contributed by atoms with E-state index in [-0.39, 0.29) is 5.84 Å². The molecule has 2 fully saturated rings. The summed E-state index contributed by atoms with van der Waals surface area (Å²) < 4.78 is 0. The van der Waals surface area contributed by atoms with Gasteiger partial charge in [0, 0.05) is 37.8 Å². The van der Waals surface area contributed by atoms with Crippen molar-refractivity contribution in [3.05, 3.63) is 34.9 Å². The molecule has 0 spiro atoms. The monoisotopic (exact) mass is 286 g/mol. The highest BCUT2D eigenvalue weighted by Gasteiger charge is 2.28. The van der Waals surface area contributed by atoms with Gasteiger partial charge in [0.25, 0.3) is 0 Å². The van der Waals surface area contributed by atoms with E-state index in [1.165, 1.54) is 56.6 Å². The van der Waals surface area contributed by atoms with Crippen LogP contribution in [-0.2, 0) is 6.54 Å². The van der Waals surface area contributed by atoms with Gasteiger partial charge in [0.2, 0.25) is 0 Å². The molecule has 0 amide bonds. The number of fused-ring (bicyclic) bond motifs is 1. The lowest BCUT2D eigenvalue weighted by Crippen LogP contribution is -2.54. The third-order valence-electron chi connectivity index (χ3n) is 4.97. The summed E-state index contributed by atoms with van der Waals surface area (Å²) in [4.78, 5) is 5.26. The summed E-state index contributed by atoms with van der Waals surface area (Å²) in [6.07, 6.45) is 4.13. The van der Waals surface area contributed by atoms with E-state index in [2.05, 4.69) is 22.8 Å². The van der Waals surface area contributed by atoms with E-state index in [9.17, 15) is 0 Å². The van der Waals surface area contributed by atoms with Crippen LogP contribution in [-0.4, -0.2) is 47.9 Å². The number of hydrogen-bond acceptors (Lipinski definition) is 3. The van der Waals surface area contributed by atoms with Crippen molar-refractivity contribution >= 4 is 5.84 Å². The Hall–Kier alpha value is -1.39. The molecule has 0 bridgehead atoms. The number of rotatable bonds is 3. The second-order valence-electron chi connectivity index (χ2n) is 6.48. The highest BCUT2D eigenvalue weighted by Crippen LogP contribution is 2.23. The summed E-state index contributed by atoms with van der Waals surface area (Å²) in [6, 6.07) is 6.92. The number of amidine groups is 1. The largest absolute Gasteiger partial charge is 0.384 e. The molecule has 1 atom stereocenters. The van der Waals surface area contributed by atoms with Crippen molar-refractivity contribution in [3.8, 4) is 0 Å². The first kappa shape index (κ1) is 14.5. The smallest absolute Gasteiger partial charge is 0.122 e. The molecule has 0 radical (unpaired) electrons. The summed E-state index contributed by atoms with van der Waals surface area (Å²) in [5.74, 6) is 0.153. The highest BCUT2D eigenvalue weighted by molar-refractivity contribution is 5.95. The Morgan fingerprint density at radius 1 is 1.29 bits per heavy atom. The molecule has 2 heterocycles. The predicted octanol–water partition coefficient (Wildman–Crippen LogP) is 1.95. The van der Waals surface area contributed by atoms with Crippen LogP contribution in [0.1, 0.15) is 36.0 Å². The zero-order valence-electron chi connectivity index (χ0n) is 12.9. The first-order chi connectivity index (χ1) is 10.1. The maximum Gasteiger partial charge on any atom is 0.122 e. The molecule has 3 N–H and O–H groups in total. The summed E-state index contributed by atoms with van der Waals surface area (Å²) in [5, 5.41) is 7.52. The number of nitrogens with one attached hydrogen (secondary N) is 1. The van der Waals surface area contributed by atoms with Crippen molar-refractivity contribution < 1.29 is 0 Å². The summed E-state index contributed by atoms with van der Waals surface area (Å²) in [6.45, 7) is 8.03. The molecule has 2 aliphatic heterocycles. The maximum absolute atomic E-state index is 7.52. The molecule has 114 valence electrons. The van der Waals surface area contributed by atoms with Gasteiger partial charge in [-0.3, -0.25) is 15.2 Å². The molecule has 1 aromatic rings. The third-order valence-corrected chi connectivity index (χ3v) is 4.97. The molecule has 0 saturated carbocycles. The van der Waals surface area contributed by atoms with Crippen molar-refractivity contribution in [2.75, 3.05) is 26.2 Å². The number of piperidine rings is 1. The van der Waals surface area contributed by atoms with Crippen LogP contribution in [0.15, 0.2) is 18.2 Å².